The van der Waals surface area contributed by atoms with Crippen LogP contribution in [0.5, 0.6) is 0 Å². The van der Waals surface area contributed by atoms with Gasteiger partial charge in [0.1, 0.15) is 0 Å². The summed E-state index contributed by atoms with van der Waals surface area (Å²) in [6.07, 6.45) is 0. The maximum atomic E-state index is 5.87. The highest BCUT2D eigenvalue weighted by atomic mass is 127. The first-order chi connectivity index (χ1) is 6.22. The van der Waals surface area contributed by atoms with Crippen LogP contribution in [0.2, 0.25) is 0 Å². The van der Waals surface area contributed by atoms with Crippen molar-refractivity contribution >= 4 is 71.5 Å². The van der Waals surface area contributed by atoms with Crippen LogP contribution < -0.4 is 0 Å². The number of thiophene rings is 1. The molecule has 0 nitrogen and oxygen atoms in total. The number of halogens is 3. The van der Waals surface area contributed by atoms with Crippen LogP contribution in [0, 0.1) is 3.57 Å². The van der Waals surface area contributed by atoms with Gasteiger partial charge in [-0.1, -0.05) is 6.07 Å². The van der Waals surface area contributed by atoms with Crippen molar-refractivity contribution in [1.82, 2.24) is 0 Å². The van der Waals surface area contributed by atoms with E-state index in [2.05, 4.69) is 56.7 Å². The van der Waals surface area contributed by atoms with Crippen LogP contribution in [0.25, 0.3) is 10.1 Å². The van der Waals surface area contributed by atoms with E-state index >= 15 is 0 Å². The molecular formula is C9H5BrClIS. The van der Waals surface area contributed by atoms with Crippen LogP contribution in [-0.4, -0.2) is 0 Å². The van der Waals surface area contributed by atoms with E-state index in [1.54, 1.807) is 11.3 Å². The van der Waals surface area contributed by atoms with Crippen molar-refractivity contribution in [1.29, 1.82) is 0 Å². The molecule has 68 valence electrons. The van der Waals surface area contributed by atoms with Gasteiger partial charge in [0.15, 0.2) is 0 Å². The normalized spacial score (nSPS) is 11.0. The van der Waals surface area contributed by atoms with Crippen LogP contribution in [0.15, 0.2) is 22.0 Å². The Morgan fingerprint density at radius 2 is 2.23 bits per heavy atom. The van der Waals surface area contributed by atoms with Crippen molar-refractivity contribution in [2.75, 3.05) is 0 Å². The van der Waals surface area contributed by atoms with Crippen LogP contribution >= 0.6 is 61.5 Å². The summed E-state index contributed by atoms with van der Waals surface area (Å²) in [4.78, 5) is 0. The number of alkyl halides is 1. The standard InChI is InChI=1S/C9H5BrClIS/c10-9-7(4-11)6-2-1-5(12)3-8(6)13-9/h1-3H,4H2. The van der Waals surface area contributed by atoms with Crippen LogP contribution in [0.3, 0.4) is 0 Å². The minimum absolute atomic E-state index is 0.571. The van der Waals surface area contributed by atoms with Crippen molar-refractivity contribution in [2.24, 2.45) is 0 Å². The van der Waals surface area contributed by atoms with Crippen molar-refractivity contribution in [3.05, 3.63) is 31.1 Å². The molecule has 0 saturated carbocycles. The molecular weight excluding hydrogens is 382 g/mol. The maximum Gasteiger partial charge on any atom is 0.0755 e. The van der Waals surface area contributed by atoms with E-state index in [0.717, 1.165) is 3.79 Å². The van der Waals surface area contributed by atoms with Crippen molar-refractivity contribution in [2.45, 2.75) is 5.88 Å². The molecule has 2 rings (SSSR count). The van der Waals surface area contributed by atoms with Gasteiger partial charge in [0.25, 0.3) is 0 Å². The predicted molar refractivity (Wildman–Crippen MR) is 71.8 cm³/mol. The van der Waals surface area contributed by atoms with Crippen molar-refractivity contribution < 1.29 is 0 Å². The molecule has 0 unspecified atom stereocenters. The second-order valence-corrected chi connectivity index (χ2v) is 6.51. The van der Waals surface area contributed by atoms with Gasteiger partial charge < -0.3 is 0 Å². The molecule has 2 aromatic rings. The second-order valence-electron chi connectivity index (χ2n) is 2.63. The smallest absolute Gasteiger partial charge is 0.0755 e. The summed E-state index contributed by atoms with van der Waals surface area (Å²) < 4.78 is 3.72. The summed E-state index contributed by atoms with van der Waals surface area (Å²) >= 11 is 13.5. The van der Waals surface area contributed by atoms with Gasteiger partial charge in [-0.05, 0) is 61.6 Å². The lowest BCUT2D eigenvalue weighted by Gasteiger charge is -1.93. The largest absolute Gasteiger partial charge is 0.128 e. The van der Waals surface area contributed by atoms with E-state index in [-0.39, 0.29) is 0 Å². The molecule has 4 heteroatoms. The zero-order chi connectivity index (χ0) is 9.42. The SMILES string of the molecule is ClCc1c(Br)sc2cc(I)ccc12. The second kappa shape index (κ2) is 4.04. The summed E-state index contributed by atoms with van der Waals surface area (Å²) in [6, 6.07) is 6.43. The molecule has 0 amide bonds. The number of hydrogen-bond donors (Lipinski definition) is 0. The Hall–Kier alpha value is 0.680. The molecule has 0 aliphatic heterocycles. The third-order valence-electron chi connectivity index (χ3n) is 1.84. The monoisotopic (exact) mass is 386 g/mol. The fraction of sp³-hybridized carbons (Fsp3) is 0.111. The highest BCUT2D eigenvalue weighted by Gasteiger charge is 2.08. The number of benzene rings is 1. The Labute approximate surface area is 108 Å². The average Bonchev–Trinajstić information content (AvgIpc) is 2.39. The minimum atomic E-state index is 0.571. The zero-order valence-corrected chi connectivity index (χ0v) is 11.8. The summed E-state index contributed by atoms with van der Waals surface area (Å²) in [5.74, 6) is 0.571. The number of fused-ring (bicyclic) bond motifs is 1. The van der Waals surface area contributed by atoms with Gasteiger partial charge in [-0.15, -0.1) is 22.9 Å². The van der Waals surface area contributed by atoms with E-state index in [9.17, 15) is 0 Å². The molecule has 0 aliphatic carbocycles. The van der Waals surface area contributed by atoms with Gasteiger partial charge in [0, 0.05) is 14.2 Å². The molecule has 0 spiro atoms. The average molecular weight is 387 g/mol. The topological polar surface area (TPSA) is 0 Å². The van der Waals surface area contributed by atoms with Crippen LogP contribution in [0.4, 0.5) is 0 Å². The first-order valence-electron chi connectivity index (χ1n) is 3.65. The van der Waals surface area contributed by atoms with Crippen LogP contribution in [0.1, 0.15) is 5.56 Å². The van der Waals surface area contributed by atoms with E-state index in [1.807, 2.05) is 0 Å². The first-order valence-corrected chi connectivity index (χ1v) is 6.87. The Morgan fingerprint density at radius 3 is 2.92 bits per heavy atom. The highest BCUT2D eigenvalue weighted by Crippen LogP contribution is 2.36. The van der Waals surface area contributed by atoms with Gasteiger partial charge in [-0.2, -0.15) is 0 Å². The van der Waals surface area contributed by atoms with Crippen molar-refractivity contribution in [3.63, 3.8) is 0 Å². The molecule has 0 saturated heterocycles. The lowest BCUT2D eigenvalue weighted by atomic mass is 10.2. The third-order valence-corrected chi connectivity index (χ3v) is 4.73. The molecule has 1 heterocycles. The highest BCUT2D eigenvalue weighted by molar-refractivity contribution is 14.1. The van der Waals surface area contributed by atoms with Gasteiger partial charge in [-0.3, -0.25) is 0 Å². The molecule has 13 heavy (non-hydrogen) atoms. The van der Waals surface area contributed by atoms with Gasteiger partial charge in [0.2, 0.25) is 0 Å². The minimum Gasteiger partial charge on any atom is -0.128 e. The first kappa shape index (κ1) is 10.2. The number of rotatable bonds is 1. The van der Waals surface area contributed by atoms with E-state index in [0.29, 0.717) is 5.88 Å². The molecule has 0 N–H and O–H groups in total. The summed E-state index contributed by atoms with van der Waals surface area (Å²) in [6.45, 7) is 0. The number of hydrogen-bond acceptors (Lipinski definition) is 1. The predicted octanol–water partition coefficient (Wildman–Crippen LogP) is 5.01. The van der Waals surface area contributed by atoms with Gasteiger partial charge in [-0.25, -0.2) is 0 Å². The molecule has 1 aromatic carbocycles. The molecule has 0 bridgehead atoms. The third kappa shape index (κ3) is 1.89. The quantitative estimate of drug-likeness (QED) is 0.477. The molecule has 0 fully saturated rings. The Morgan fingerprint density at radius 1 is 1.46 bits per heavy atom. The van der Waals surface area contributed by atoms with E-state index < -0.39 is 0 Å². The summed E-state index contributed by atoms with van der Waals surface area (Å²) in [5, 5.41) is 1.27. The molecule has 0 aliphatic rings. The van der Waals surface area contributed by atoms with Crippen LogP contribution in [-0.2, 0) is 5.88 Å². The Balaban J connectivity index is 2.79. The molecule has 1 aromatic heterocycles. The lowest BCUT2D eigenvalue weighted by molar-refractivity contribution is 1.47. The van der Waals surface area contributed by atoms with E-state index in [1.165, 1.54) is 19.2 Å². The lowest BCUT2D eigenvalue weighted by Crippen LogP contribution is -1.75. The fourth-order valence-electron chi connectivity index (χ4n) is 1.22. The zero-order valence-electron chi connectivity index (χ0n) is 6.48. The Kier molecular flexibility index (Phi) is 3.18. The Bertz CT molecular complexity index is 452. The maximum absolute atomic E-state index is 5.87. The molecule has 0 radical (unpaired) electrons. The fourth-order valence-corrected chi connectivity index (χ4v) is 4.30. The summed E-state index contributed by atoms with van der Waals surface area (Å²) in [7, 11) is 0. The van der Waals surface area contributed by atoms with Gasteiger partial charge >= 0.3 is 0 Å². The molecule has 0 atom stereocenters. The van der Waals surface area contributed by atoms with Crippen molar-refractivity contribution in [3.8, 4) is 0 Å². The van der Waals surface area contributed by atoms with Gasteiger partial charge in [0.05, 0.1) is 3.79 Å². The van der Waals surface area contributed by atoms with E-state index in [4.69, 9.17) is 11.6 Å². The summed E-state index contributed by atoms with van der Waals surface area (Å²) in [5.41, 5.74) is 1.21.